The summed E-state index contributed by atoms with van der Waals surface area (Å²) in [5.41, 5.74) is 0. The van der Waals surface area contributed by atoms with Crippen LogP contribution in [0.1, 0.15) is 66.7 Å². The van der Waals surface area contributed by atoms with Gasteiger partial charge in [-0.15, -0.1) is 0 Å². The lowest BCUT2D eigenvalue weighted by atomic mass is 9.79. The molecular formula is C15H31N. The maximum Gasteiger partial charge on any atom is 0.00698 e. The van der Waals surface area contributed by atoms with Crippen LogP contribution in [0, 0.1) is 17.8 Å². The highest BCUT2D eigenvalue weighted by molar-refractivity contribution is 4.81. The van der Waals surface area contributed by atoms with E-state index in [1.54, 1.807) is 0 Å². The summed E-state index contributed by atoms with van der Waals surface area (Å²) in [5, 5.41) is 3.83. The van der Waals surface area contributed by atoms with Crippen LogP contribution in [0.4, 0.5) is 0 Å². The van der Waals surface area contributed by atoms with Crippen LogP contribution in [0.15, 0.2) is 0 Å². The molecule has 0 radical (unpaired) electrons. The second kappa shape index (κ2) is 6.64. The quantitative estimate of drug-likeness (QED) is 0.738. The molecule has 0 spiro atoms. The maximum absolute atomic E-state index is 3.83. The molecule has 0 aromatic carbocycles. The van der Waals surface area contributed by atoms with Gasteiger partial charge in [0.25, 0.3) is 0 Å². The first-order chi connectivity index (χ1) is 7.54. The fourth-order valence-electron chi connectivity index (χ4n) is 2.84. The van der Waals surface area contributed by atoms with E-state index in [4.69, 9.17) is 0 Å². The molecule has 0 aliphatic heterocycles. The van der Waals surface area contributed by atoms with Gasteiger partial charge < -0.3 is 5.32 Å². The van der Waals surface area contributed by atoms with Gasteiger partial charge in [-0.3, -0.25) is 0 Å². The van der Waals surface area contributed by atoms with E-state index in [0.29, 0.717) is 6.04 Å². The Morgan fingerprint density at radius 2 is 1.56 bits per heavy atom. The maximum atomic E-state index is 3.83. The first kappa shape index (κ1) is 14.0. The molecule has 0 heterocycles. The van der Waals surface area contributed by atoms with E-state index in [2.05, 4.69) is 39.9 Å². The minimum absolute atomic E-state index is 0.686. The van der Waals surface area contributed by atoms with Crippen LogP contribution in [0.2, 0.25) is 0 Å². The first-order valence-corrected chi connectivity index (χ1v) is 7.30. The van der Waals surface area contributed by atoms with Crippen LogP contribution in [0.5, 0.6) is 0 Å². The Hall–Kier alpha value is -0.0400. The summed E-state index contributed by atoms with van der Waals surface area (Å²) in [6.45, 7) is 11.7. The zero-order valence-corrected chi connectivity index (χ0v) is 11.9. The molecule has 1 aliphatic carbocycles. The lowest BCUT2D eigenvalue weighted by Crippen LogP contribution is -2.42. The van der Waals surface area contributed by atoms with Gasteiger partial charge in [-0.1, -0.05) is 34.1 Å². The molecule has 0 aromatic heterocycles. The van der Waals surface area contributed by atoms with E-state index in [9.17, 15) is 0 Å². The van der Waals surface area contributed by atoms with Crippen molar-refractivity contribution in [2.24, 2.45) is 17.8 Å². The van der Waals surface area contributed by atoms with Crippen molar-refractivity contribution in [3.05, 3.63) is 0 Å². The third-order valence-corrected chi connectivity index (χ3v) is 4.71. The highest BCUT2D eigenvalue weighted by Crippen LogP contribution is 2.30. The number of rotatable bonds is 5. The lowest BCUT2D eigenvalue weighted by molar-refractivity contribution is 0.218. The molecule has 1 fully saturated rings. The van der Waals surface area contributed by atoms with Gasteiger partial charge in [0.2, 0.25) is 0 Å². The van der Waals surface area contributed by atoms with Gasteiger partial charge in [0.15, 0.2) is 0 Å². The summed E-state index contributed by atoms with van der Waals surface area (Å²) in [7, 11) is 0. The molecule has 1 rings (SSSR count). The Morgan fingerprint density at radius 3 is 2.00 bits per heavy atom. The molecule has 1 heteroatoms. The van der Waals surface area contributed by atoms with Gasteiger partial charge in [0.05, 0.1) is 0 Å². The zero-order valence-electron chi connectivity index (χ0n) is 11.9. The molecule has 16 heavy (non-hydrogen) atoms. The molecule has 1 nitrogen and oxygen atoms in total. The molecule has 2 atom stereocenters. The average Bonchev–Trinajstić information content (AvgIpc) is 2.28. The number of hydrogen-bond donors (Lipinski definition) is 1. The van der Waals surface area contributed by atoms with Crippen molar-refractivity contribution in [1.82, 2.24) is 5.32 Å². The summed E-state index contributed by atoms with van der Waals surface area (Å²) in [6, 6.07) is 1.48. The monoisotopic (exact) mass is 225 g/mol. The van der Waals surface area contributed by atoms with Gasteiger partial charge in [0, 0.05) is 12.1 Å². The van der Waals surface area contributed by atoms with Gasteiger partial charge in [-0.25, -0.2) is 0 Å². The topological polar surface area (TPSA) is 12.0 Å². The van der Waals surface area contributed by atoms with Gasteiger partial charge in [0.1, 0.15) is 0 Å². The molecular weight excluding hydrogens is 194 g/mol. The molecule has 1 aliphatic rings. The van der Waals surface area contributed by atoms with Gasteiger partial charge in [-0.2, -0.15) is 0 Å². The van der Waals surface area contributed by atoms with Crippen LogP contribution in [0.25, 0.3) is 0 Å². The summed E-state index contributed by atoms with van der Waals surface area (Å²) in [4.78, 5) is 0. The smallest absolute Gasteiger partial charge is 0.00698 e. The number of nitrogens with one attached hydrogen (secondary N) is 1. The Bertz CT molecular complexity index is 180. The third-order valence-electron chi connectivity index (χ3n) is 4.71. The Kier molecular flexibility index (Phi) is 5.82. The molecule has 0 saturated heterocycles. The van der Waals surface area contributed by atoms with E-state index in [1.807, 2.05) is 0 Å². The van der Waals surface area contributed by atoms with Crippen LogP contribution in [-0.2, 0) is 0 Å². The fraction of sp³-hybridized carbons (Fsp3) is 1.00. The van der Waals surface area contributed by atoms with E-state index in [1.165, 1.54) is 32.1 Å². The second-order valence-electron chi connectivity index (χ2n) is 6.20. The average molecular weight is 225 g/mol. The standard InChI is InChI=1S/C15H31N/c1-6-12(4)13(5)16-15-9-7-14(8-10-15)11(2)3/h11-16H,6-10H2,1-5H3. The van der Waals surface area contributed by atoms with Crippen molar-refractivity contribution in [3.8, 4) is 0 Å². The predicted molar refractivity (Wildman–Crippen MR) is 72.6 cm³/mol. The largest absolute Gasteiger partial charge is 0.311 e. The Balaban J connectivity index is 2.26. The van der Waals surface area contributed by atoms with E-state index in [0.717, 1.165) is 23.8 Å². The Morgan fingerprint density at radius 1 is 1.00 bits per heavy atom. The summed E-state index contributed by atoms with van der Waals surface area (Å²) in [5.74, 6) is 2.67. The van der Waals surface area contributed by atoms with Crippen molar-refractivity contribution >= 4 is 0 Å². The first-order valence-electron chi connectivity index (χ1n) is 7.30. The van der Waals surface area contributed by atoms with Crippen molar-refractivity contribution in [2.45, 2.75) is 78.8 Å². The number of hydrogen-bond acceptors (Lipinski definition) is 1. The van der Waals surface area contributed by atoms with Crippen molar-refractivity contribution < 1.29 is 0 Å². The minimum Gasteiger partial charge on any atom is -0.311 e. The van der Waals surface area contributed by atoms with Crippen LogP contribution < -0.4 is 5.32 Å². The van der Waals surface area contributed by atoms with Crippen LogP contribution in [0.3, 0.4) is 0 Å². The van der Waals surface area contributed by atoms with Crippen LogP contribution >= 0.6 is 0 Å². The molecule has 1 saturated carbocycles. The van der Waals surface area contributed by atoms with Crippen molar-refractivity contribution in [2.75, 3.05) is 0 Å². The molecule has 96 valence electrons. The van der Waals surface area contributed by atoms with Gasteiger partial charge >= 0.3 is 0 Å². The molecule has 1 N–H and O–H groups in total. The molecule has 2 unspecified atom stereocenters. The fourth-order valence-corrected chi connectivity index (χ4v) is 2.84. The Labute approximate surface area is 102 Å². The third kappa shape index (κ3) is 4.08. The summed E-state index contributed by atoms with van der Waals surface area (Å²) < 4.78 is 0. The summed E-state index contributed by atoms with van der Waals surface area (Å²) >= 11 is 0. The lowest BCUT2D eigenvalue weighted by Gasteiger charge is -2.34. The minimum atomic E-state index is 0.686. The second-order valence-corrected chi connectivity index (χ2v) is 6.20. The molecule has 0 aromatic rings. The van der Waals surface area contributed by atoms with Gasteiger partial charge in [-0.05, 0) is 50.4 Å². The van der Waals surface area contributed by atoms with E-state index in [-0.39, 0.29) is 0 Å². The molecule has 0 amide bonds. The van der Waals surface area contributed by atoms with Crippen molar-refractivity contribution in [1.29, 1.82) is 0 Å². The SMILES string of the molecule is CCC(C)C(C)NC1CCC(C(C)C)CC1. The van der Waals surface area contributed by atoms with Crippen LogP contribution in [-0.4, -0.2) is 12.1 Å². The highest BCUT2D eigenvalue weighted by atomic mass is 14.9. The zero-order chi connectivity index (χ0) is 12.1. The summed E-state index contributed by atoms with van der Waals surface area (Å²) in [6.07, 6.45) is 6.94. The predicted octanol–water partition coefficient (Wildman–Crippen LogP) is 4.23. The van der Waals surface area contributed by atoms with E-state index < -0.39 is 0 Å². The van der Waals surface area contributed by atoms with E-state index >= 15 is 0 Å². The van der Waals surface area contributed by atoms with Crippen molar-refractivity contribution in [3.63, 3.8) is 0 Å². The normalized spacial score (nSPS) is 30.4. The highest BCUT2D eigenvalue weighted by Gasteiger charge is 2.24. The molecule has 0 bridgehead atoms.